The molecular weight excluding hydrogens is 330 g/mol. The number of carboxylic acid groups (broad SMARTS) is 1. The van der Waals surface area contributed by atoms with E-state index in [-0.39, 0.29) is 18.9 Å². The average molecular weight is 354 g/mol. The van der Waals surface area contributed by atoms with Crippen molar-refractivity contribution in [2.75, 3.05) is 13.7 Å². The average Bonchev–Trinajstić information content (AvgIpc) is 2.58. The molecule has 5 nitrogen and oxygen atoms in total. The highest BCUT2D eigenvalue weighted by Crippen LogP contribution is 2.40. The zero-order chi connectivity index (χ0) is 17.6. The summed E-state index contributed by atoms with van der Waals surface area (Å²) in [6.07, 6.45) is 4.61. The molecule has 2 N–H and O–H groups in total. The molecule has 0 aromatic heterocycles. The molecule has 0 bridgehead atoms. The second kappa shape index (κ2) is 8.49. The van der Waals surface area contributed by atoms with E-state index in [1.54, 1.807) is 6.07 Å². The van der Waals surface area contributed by atoms with Crippen LogP contribution < -0.4 is 5.32 Å². The molecule has 1 unspecified atom stereocenters. The lowest BCUT2D eigenvalue weighted by Crippen LogP contribution is -2.51. The van der Waals surface area contributed by atoms with E-state index in [1.165, 1.54) is 7.11 Å². The molecule has 1 aromatic carbocycles. The largest absolute Gasteiger partial charge is 0.480 e. The molecule has 1 aromatic rings. The number of aliphatic carboxylic acids is 1. The van der Waals surface area contributed by atoms with E-state index in [9.17, 15) is 14.7 Å². The van der Waals surface area contributed by atoms with Crippen molar-refractivity contribution >= 4 is 23.5 Å². The van der Waals surface area contributed by atoms with Crippen molar-refractivity contribution in [3.8, 4) is 0 Å². The molecule has 1 saturated carbocycles. The van der Waals surface area contributed by atoms with Crippen LogP contribution >= 0.6 is 11.6 Å². The molecule has 24 heavy (non-hydrogen) atoms. The summed E-state index contributed by atoms with van der Waals surface area (Å²) < 4.78 is 4.94. The highest BCUT2D eigenvalue weighted by Gasteiger charge is 2.42. The summed E-state index contributed by atoms with van der Waals surface area (Å²) in [7, 11) is 1.51. The minimum atomic E-state index is -1.04. The Kier molecular flexibility index (Phi) is 6.63. The van der Waals surface area contributed by atoms with Gasteiger partial charge in [-0.25, -0.2) is 4.79 Å². The number of rotatable bonds is 7. The number of carbonyl (C=O) groups excluding carboxylic acids is 1. The third kappa shape index (κ3) is 4.28. The lowest BCUT2D eigenvalue weighted by molar-refractivity contribution is -0.143. The second-order valence-corrected chi connectivity index (χ2v) is 6.74. The molecule has 0 saturated heterocycles. The maximum absolute atomic E-state index is 13.1. The van der Waals surface area contributed by atoms with E-state index in [4.69, 9.17) is 16.3 Å². The van der Waals surface area contributed by atoms with Crippen molar-refractivity contribution in [1.29, 1.82) is 0 Å². The Balaban J connectivity index is 2.26. The summed E-state index contributed by atoms with van der Waals surface area (Å²) >= 11 is 6.11. The number of benzene rings is 1. The first-order chi connectivity index (χ1) is 11.5. The van der Waals surface area contributed by atoms with Crippen molar-refractivity contribution in [1.82, 2.24) is 5.32 Å². The third-order valence-corrected chi connectivity index (χ3v) is 4.97. The number of carbonyl (C=O) groups is 2. The molecule has 6 heteroatoms. The summed E-state index contributed by atoms with van der Waals surface area (Å²) in [5.74, 6) is -1.27. The topological polar surface area (TPSA) is 75.6 Å². The van der Waals surface area contributed by atoms with Crippen LogP contribution in [0, 0.1) is 0 Å². The molecule has 2 rings (SSSR count). The maximum atomic E-state index is 13.1. The summed E-state index contributed by atoms with van der Waals surface area (Å²) in [5.41, 5.74) is 0.160. The third-order valence-electron chi connectivity index (χ3n) is 4.73. The number of halogens is 1. The van der Waals surface area contributed by atoms with Gasteiger partial charge in [-0.1, -0.05) is 43.0 Å². The van der Waals surface area contributed by atoms with Crippen LogP contribution in [0.2, 0.25) is 5.02 Å². The smallest absolute Gasteiger partial charge is 0.326 e. The summed E-state index contributed by atoms with van der Waals surface area (Å²) in [6.45, 7) is 0.279. The van der Waals surface area contributed by atoms with E-state index in [1.807, 2.05) is 18.2 Å². The quantitative estimate of drug-likeness (QED) is 0.789. The Morgan fingerprint density at radius 3 is 2.62 bits per heavy atom. The lowest BCUT2D eigenvalue weighted by Gasteiger charge is -2.37. The fourth-order valence-corrected chi connectivity index (χ4v) is 3.57. The molecule has 0 aliphatic heterocycles. The van der Waals surface area contributed by atoms with Gasteiger partial charge in [-0.05, 0) is 30.5 Å². The molecule has 0 spiro atoms. The fraction of sp³-hybridized carbons (Fsp3) is 0.556. The molecule has 1 aliphatic rings. The van der Waals surface area contributed by atoms with Gasteiger partial charge in [0.15, 0.2) is 0 Å². The maximum Gasteiger partial charge on any atom is 0.326 e. The molecule has 1 fully saturated rings. The first kappa shape index (κ1) is 18.7. The zero-order valence-corrected chi connectivity index (χ0v) is 14.6. The molecular formula is C18H24ClNO4. The number of hydrogen-bond donors (Lipinski definition) is 2. The Morgan fingerprint density at radius 2 is 2.04 bits per heavy atom. The van der Waals surface area contributed by atoms with Gasteiger partial charge < -0.3 is 15.2 Å². The minimum absolute atomic E-state index is 0.229. The van der Waals surface area contributed by atoms with Crippen LogP contribution in [0.25, 0.3) is 0 Å². The monoisotopic (exact) mass is 353 g/mol. The first-order valence-electron chi connectivity index (χ1n) is 8.28. The number of carboxylic acids is 1. The normalized spacial score (nSPS) is 17.9. The van der Waals surface area contributed by atoms with Gasteiger partial charge in [-0.15, -0.1) is 0 Å². The summed E-state index contributed by atoms with van der Waals surface area (Å²) in [6, 6.07) is 6.38. The van der Waals surface area contributed by atoms with E-state index < -0.39 is 17.4 Å². The zero-order valence-electron chi connectivity index (χ0n) is 13.9. The van der Waals surface area contributed by atoms with E-state index in [0.717, 1.165) is 24.8 Å². The van der Waals surface area contributed by atoms with Gasteiger partial charge in [0.25, 0.3) is 0 Å². The van der Waals surface area contributed by atoms with Gasteiger partial charge in [-0.2, -0.15) is 0 Å². The van der Waals surface area contributed by atoms with Gasteiger partial charge in [0.1, 0.15) is 6.04 Å². The van der Waals surface area contributed by atoms with E-state index >= 15 is 0 Å². The van der Waals surface area contributed by atoms with Crippen molar-refractivity contribution in [3.63, 3.8) is 0 Å². The SMILES string of the molecule is COCCC(NC(=O)C1(c2cccc(Cl)c2)CCCCC1)C(=O)O. The molecule has 132 valence electrons. The van der Waals surface area contributed by atoms with Crippen molar-refractivity contribution in [3.05, 3.63) is 34.9 Å². The predicted octanol–water partition coefficient (Wildman–Crippen LogP) is 3.15. The highest BCUT2D eigenvalue weighted by molar-refractivity contribution is 6.30. The number of amides is 1. The van der Waals surface area contributed by atoms with Crippen molar-refractivity contribution in [2.24, 2.45) is 0 Å². The van der Waals surface area contributed by atoms with Crippen LogP contribution in [0.3, 0.4) is 0 Å². The van der Waals surface area contributed by atoms with Gasteiger partial charge in [0.05, 0.1) is 5.41 Å². The van der Waals surface area contributed by atoms with Crippen LogP contribution in [-0.2, 0) is 19.7 Å². The number of methoxy groups -OCH3 is 1. The standard InChI is InChI=1S/C18H24ClNO4/c1-24-11-8-15(16(21)22)20-17(23)18(9-3-2-4-10-18)13-6-5-7-14(19)12-13/h5-7,12,15H,2-4,8-11H2,1H3,(H,20,23)(H,21,22). The summed E-state index contributed by atoms with van der Waals surface area (Å²) in [5, 5.41) is 12.7. The number of ether oxygens (including phenoxy) is 1. The van der Waals surface area contributed by atoms with Gasteiger partial charge in [0.2, 0.25) is 5.91 Å². The van der Waals surface area contributed by atoms with Crippen molar-refractivity contribution in [2.45, 2.75) is 50.0 Å². The molecule has 1 atom stereocenters. The van der Waals surface area contributed by atoms with Crippen molar-refractivity contribution < 1.29 is 19.4 Å². The predicted molar refractivity (Wildman–Crippen MR) is 92.3 cm³/mol. The Labute approximate surface area is 147 Å². The molecule has 1 amide bonds. The van der Waals surface area contributed by atoms with Gasteiger partial charge in [-0.3, -0.25) is 4.79 Å². The van der Waals surface area contributed by atoms with E-state index in [2.05, 4.69) is 5.32 Å². The fourth-order valence-electron chi connectivity index (χ4n) is 3.38. The highest BCUT2D eigenvalue weighted by atomic mass is 35.5. The van der Waals surface area contributed by atoms with Crippen LogP contribution in [-0.4, -0.2) is 36.7 Å². The van der Waals surface area contributed by atoms with Crippen LogP contribution in [0.5, 0.6) is 0 Å². The first-order valence-corrected chi connectivity index (χ1v) is 8.66. The Hall–Kier alpha value is -1.59. The molecule has 0 radical (unpaired) electrons. The Morgan fingerprint density at radius 1 is 1.33 bits per heavy atom. The molecule has 1 aliphatic carbocycles. The van der Waals surface area contributed by atoms with Crippen LogP contribution in [0.15, 0.2) is 24.3 Å². The lowest BCUT2D eigenvalue weighted by atomic mass is 9.68. The van der Waals surface area contributed by atoms with Gasteiger partial charge >= 0.3 is 5.97 Å². The second-order valence-electron chi connectivity index (χ2n) is 6.30. The minimum Gasteiger partial charge on any atom is -0.480 e. The Bertz CT molecular complexity index is 584. The summed E-state index contributed by atoms with van der Waals surface area (Å²) in [4.78, 5) is 24.5. The van der Waals surface area contributed by atoms with E-state index in [0.29, 0.717) is 17.9 Å². The van der Waals surface area contributed by atoms with Crippen LogP contribution in [0.1, 0.15) is 44.1 Å². The molecule has 0 heterocycles. The van der Waals surface area contributed by atoms with Crippen LogP contribution in [0.4, 0.5) is 0 Å². The number of hydrogen-bond acceptors (Lipinski definition) is 3. The van der Waals surface area contributed by atoms with Gasteiger partial charge in [0, 0.05) is 25.2 Å². The number of nitrogens with one attached hydrogen (secondary N) is 1.